The number of amides is 1. The molecule has 1 aliphatic heterocycles. The number of allylic oxidation sites excluding steroid dienone is 1. The van der Waals surface area contributed by atoms with Crippen LogP contribution < -0.4 is 30.1 Å². The highest BCUT2D eigenvalue weighted by Gasteiger charge is 2.34. The molecule has 38 heavy (non-hydrogen) atoms. The van der Waals surface area contributed by atoms with E-state index in [-0.39, 0.29) is 29.6 Å². The summed E-state index contributed by atoms with van der Waals surface area (Å²) in [6.07, 6.45) is 1.25. The van der Waals surface area contributed by atoms with Gasteiger partial charge >= 0.3 is 5.97 Å². The molecule has 4 rings (SSSR count). The molecule has 0 saturated heterocycles. The van der Waals surface area contributed by atoms with Crippen molar-refractivity contribution in [3.63, 3.8) is 0 Å². The van der Waals surface area contributed by atoms with Crippen LogP contribution in [0.25, 0.3) is 6.08 Å². The van der Waals surface area contributed by atoms with Gasteiger partial charge in [0.15, 0.2) is 22.9 Å². The quantitative estimate of drug-likeness (QED) is 0.426. The van der Waals surface area contributed by atoms with Crippen molar-refractivity contribution in [3.05, 3.63) is 89.6 Å². The zero-order chi connectivity index (χ0) is 27.6. The number of rotatable bonds is 8. The van der Waals surface area contributed by atoms with Gasteiger partial charge in [-0.25, -0.2) is 9.79 Å². The summed E-state index contributed by atoms with van der Waals surface area (Å²) in [5, 5.41) is 0.395. The molecule has 9 nitrogen and oxygen atoms in total. The Kier molecular flexibility index (Phi) is 8.03. The molecule has 2 aromatic carbocycles. The monoisotopic (exact) mass is 555 g/mol. The lowest BCUT2D eigenvalue weighted by Crippen LogP contribution is -2.40. The van der Waals surface area contributed by atoms with Crippen molar-refractivity contribution < 1.29 is 23.8 Å². The summed E-state index contributed by atoms with van der Waals surface area (Å²) in [6.45, 7) is 4.84. The summed E-state index contributed by atoms with van der Waals surface area (Å²) in [5.41, 5.74) is 6.60. The fourth-order valence-corrected chi connectivity index (χ4v) is 5.37. The number of methoxy groups -OCH3 is 1. The lowest BCUT2D eigenvalue weighted by Gasteiger charge is -2.26. The first-order valence-corrected chi connectivity index (χ1v) is 12.9. The molecule has 2 heterocycles. The molecule has 198 valence electrons. The van der Waals surface area contributed by atoms with E-state index >= 15 is 0 Å². The molecular weight excluding hydrogens is 530 g/mol. The number of carbonyl (C=O) groups is 2. The van der Waals surface area contributed by atoms with E-state index < -0.39 is 17.9 Å². The first-order valence-electron chi connectivity index (χ1n) is 11.7. The topological polar surface area (TPSA) is 122 Å². The smallest absolute Gasteiger partial charge is 0.338 e. The van der Waals surface area contributed by atoms with Crippen LogP contribution in [0.5, 0.6) is 11.5 Å². The van der Waals surface area contributed by atoms with Crippen LogP contribution in [0.3, 0.4) is 0 Å². The van der Waals surface area contributed by atoms with Gasteiger partial charge in [0.05, 0.1) is 29.0 Å². The van der Waals surface area contributed by atoms with Crippen LogP contribution in [-0.4, -0.2) is 36.3 Å². The van der Waals surface area contributed by atoms with Gasteiger partial charge in [0.2, 0.25) is 0 Å². The highest BCUT2D eigenvalue weighted by Crippen LogP contribution is 2.35. The number of hydrogen-bond acceptors (Lipinski definition) is 8. The molecule has 1 unspecified atom stereocenters. The molecule has 1 aliphatic rings. The Morgan fingerprint density at radius 2 is 1.95 bits per heavy atom. The largest absolute Gasteiger partial charge is 0.493 e. The standard InChI is InChI=1S/C27H26ClN3O6S/c1-14(2)37-26(34)22-15(3)30-27-31(23(22)17-9-5-6-10-18(17)28)25(33)20(38-27)12-16-8-7-11-19(35-4)24(16)36-13-21(29)32/h5-12,14,23H,13H2,1-4H3,(H2,29,32). The molecule has 0 spiro atoms. The van der Waals surface area contributed by atoms with Gasteiger partial charge in [0.25, 0.3) is 11.5 Å². The van der Waals surface area contributed by atoms with Crippen LogP contribution in [0.15, 0.2) is 63.5 Å². The molecular formula is C27H26ClN3O6S. The van der Waals surface area contributed by atoms with E-state index in [1.807, 2.05) is 0 Å². The minimum absolute atomic E-state index is 0.234. The molecule has 0 fully saturated rings. The minimum atomic E-state index is -0.843. The number of primary amides is 1. The van der Waals surface area contributed by atoms with Crippen LogP contribution in [0.4, 0.5) is 0 Å². The number of fused-ring (bicyclic) bond motifs is 1. The lowest BCUT2D eigenvalue weighted by molar-refractivity contribution is -0.143. The van der Waals surface area contributed by atoms with Crippen molar-refractivity contribution in [2.24, 2.45) is 10.7 Å². The number of thiazole rings is 1. The Labute approximate surface area is 227 Å². The van der Waals surface area contributed by atoms with Gasteiger partial charge in [0.1, 0.15) is 6.04 Å². The van der Waals surface area contributed by atoms with Crippen LogP contribution in [-0.2, 0) is 14.3 Å². The molecule has 0 bridgehead atoms. The molecule has 3 aromatic rings. The van der Waals surface area contributed by atoms with Gasteiger partial charge in [-0.2, -0.15) is 0 Å². The summed E-state index contributed by atoms with van der Waals surface area (Å²) >= 11 is 7.71. The predicted molar refractivity (Wildman–Crippen MR) is 144 cm³/mol. The van der Waals surface area contributed by atoms with Gasteiger partial charge < -0.3 is 19.9 Å². The minimum Gasteiger partial charge on any atom is -0.493 e. The van der Waals surface area contributed by atoms with E-state index in [9.17, 15) is 14.4 Å². The third-order valence-corrected chi connectivity index (χ3v) is 6.99. The predicted octanol–water partition coefficient (Wildman–Crippen LogP) is 2.71. The second-order valence-electron chi connectivity index (χ2n) is 8.69. The summed E-state index contributed by atoms with van der Waals surface area (Å²) in [7, 11) is 1.47. The van der Waals surface area contributed by atoms with Crippen molar-refractivity contribution in [1.29, 1.82) is 0 Å². The summed E-state index contributed by atoms with van der Waals surface area (Å²) in [5.74, 6) is -0.594. The van der Waals surface area contributed by atoms with Crippen molar-refractivity contribution in [2.75, 3.05) is 13.7 Å². The first-order chi connectivity index (χ1) is 18.1. The normalized spacial score (nSPS) is 15.2. The van der Waals surface area contributed by atoms with E-state index in [0.29, 0.717) is 36.9 Å². The van der Waals surface area contributed by atoms with Gasteiger partial charge in [-0.15, -0.1) is 0 Å². The van der Waals surface area contributed by atoms with E-state index in [1.54, 1.807) is 69.3 Å². The Balaban J connectivity index is 1.95. The number of para-hydroxylation sites is 1. The molecule has 0 saturated carbocycles. The first kappa shape index (κ1) is 27.2. The maximum atomic E-state index is 13.9. The number of hydrogen-bond donors (Lipinski definition) is 1. The Bertz CT molecular complexity index is 1620. The molecule has 1 amide bonds. The number of aromatic nitrogens is 1. The zero-order valence-electron chi connectivity index (χ0n) is 21.2. The third kappa shape index (κ3) is 5.36. The maximum Gasteiger partial charge on any atom is 0.338 e. The van der Waals surface area contributed by atoms with Gasteiger partial charge in [-0.1, -0.05) is 53.3 Å². The number of nitrogens with zero attached hydrogens (tertiary/aromatic N) is 2. The molecule has 2 N–H and O–H groups in total. The third-order valence-electron chi connectivity index (χ3n) is 5.66. The molecule has 1 atom stereocenters. The van der Waals surface area contributed by atoms with Crippen LogP contribution in [0.2, 0.25) is 5.02 Å². The average Bonchev–Trinajstić information content (AvgIpc) is 3.16. The van der Waals surface area contributed by atoms with Crippen molar-refractivity contribution in [2.45, 2.75) is 32.9 Å². The Hall–Kier alpha value is -3.89. The van der Waals surface area contributed by atoms with E-state index in [0.717, 1.165) is 11.3 Å². The number of nitrogens with two attached hydrogens (primary N) is 1. The van der Waals surface area contributed by atoms with Crippen LogP contribution in [0.1, 0.15) is 37.9 Å². The number of halogens is 1. The zero-order valence-corrected chi connectivity index (χ0v) is 22.8. The molecule has 0 radical (unpaired) electrons. The van der Waals surface area contributed by atoms with E-state index in [1.165, 1.54) is 11.7 Å². The number of ether oxygens (including phenoxy) is 3. The summed E-state index contributed by atoms with van der Waals surface area (Å²) < 4.78 is 18.3. The second-order valence-corrected chi connectivity index (χ2v) is 10.1. The second kappa shape index (κ2) is 11.2. The maximum absolute atomic E-state index is 13.9. The van der Waals surface area contributed by atoms with Crippen LogP contribution >= 0.6 is 22.9 Å². The van der Waals surface area contributed by atoms with Crippen LogP contribution in [0, 0.1) is 0 Å². The number of benzene rings is 2. The van der Waals surface area contributed by atoms with Crippen molar-refractivity contribution in [3.8, 4) is 11.5 Å². The molecule has 1 aromatic heterocycles. The van der Waals surface area contributed by atoms with Gasteiger partial charge in [0, 0.05) is 10.6 Å². The molecule has 0 aliphatic carbocycles. The fraction of sp³-hybridized carbons (Fsp3) is 0.259. The van der Waals surface area contributed by atoms with Crippen molar-refractivity contribution >= 4 is 40.9 Å². The fourth-order valence-electron chi connectivity index (χ4n) is 4.10. The SMILES string of the molecule is COc1cccc(C=c2sc3n(c2=O)C(c2ccccc2Cl)C(C(=O)OC(C)C)=C(C)N=3)c1OCC(N)=O. The Morgan fingerprint density at radius 3 is 2.61 bits per heavy atom. The summed E-state index contributed by atoms with van der Waals surface area (Å²) in [4.78, 5) is 43.4. The highest BCUT2D eigenvalue weighted by molar-refractivity contribution is 7.07. The molecule has 11 heteroatoms. The van der Waals surface area contributed by atoms with Gasteiger partial charge in [-0.3, -0.25) is 14.2 Å². The highest BCUT2D eigenvalue weighted by atomic mass is 35.5. The number of carbonyl (C=O) groups excluding carboxylic acids is 2. The van der Waals surface area contributed by atoms with E-state index in [4.69, 9.17) is 31.5 Å². The van der Waals surface area contributed by atoms with E-state index in [2.05, 4.69) is 4.99 Å². The van der Waals surface area contributed by atoms with Gasteiger partial charge in [-0.05, 0) is 44.5 Å². The summed E-state index contributed by atoms with van der Waals surface area (Å²) in [6, 6.07) is 11.3. The number of esters is 1. The Morgan fingerprint density at radius 1 is 1.21 bits per heavy atom. The van der Waals surface area contributed by atoms with Crippen molar-refractivity contribution in [1.82, 2.24) is 4.57 Å². The average molecular weight is 556 g/mol. The lowest BCUT2D eigenvalue weighted by atomic mass is 9.96.